The molecule has 180 valence electrons. The van der Waals surface area contributed by atoms with Gasteiger partial charge in [-0.3, -0.25) is 9.36 Å². The van der Waals surface area contributed by atoms with E-state index in [9.17, 15) is 9.18 Å². The highest BCUT2D eigenvalue weighted by molar-refractivity contribution is 7.99. The van der Waals surface area contributed by atoms with Gasteiger partial charge < -0.3 is 10.1 Å². The molecule has 0 aliphatic heterocycles. The molecule has 0 aliphatic rings. The van der Waals surface area contributed by atoms with Crippen LogP contribution in [0.25, 0.3) is 11.3 Å². The third-order valence-electron chi connectivity index (χ3n) is 4.98. The fourth-order valence-electron chi connectivity index (χ4n) is 3.25. The molecule has 4 aromatic rings. The van der Waals surface area contributed by atoms with Crippen LogP contribution in [0, 0.1) is 12.7 Å². The van der Waals surface area contributed by atoms with Gasteiger partial charge in [-0.05, 0) is 38.1 Å². The molecule has 2 aromatic heterocycles. The molecule has 35 heavy (non-hydrogen) atoms. The predicted molar refractivity (Wildman–Crippen MR) is 137 cm³/mol. The van der Waals surface area contributed by atoms with Crippen molar-refractivity contribution in [2.75, 3.05) is 11.1 Å². The van der Waals surface area contributed by atoms with Crippen molar-refractivity contribution in [1.82, 2.24) is 19.7 Å². The van der Waals surface area contributed by atoms with E-state index in [4.69, 9.17) is 4.74 Å². The quantitative estimate of drug-likeness (QED) is 0.212. The smallest absolute Gasteiger partial charge is 0.236 e. The van der Waals surface area contributed by atoms with Crippen molar-refractivity contribution in [3.8, 4) is 17.0 Å². The van der Waals surface area contributed by atoms with Gasteiger partial charge in [0.2, 0.25) is 5.91 Å². The molecule has 2 aromatic carbocycles. The molecule has 0 spiro atoms. The second-order valence-electron chi connectivity index (χ2n) is 7.69. The van der Waals surface area contributed by atoms with Crippen molar-refractivity contribution in [3.63, 3.8) is 0 Å². The van der Waals surface area contributed by atoms with Crippen molar-refractivity contribution in [2.45, 2.75) is 31.7 Å². The number of hydrogen-bond acceptors (Lipinski definition) is 7. The fraction of sp³-hybridized carbons (Fsp3) is 0.200. The Morgan fingerprint density at radius 1 is 1.23 bits per heavy atom. The predicted octanol–water partition coefficient (Wildman–Crippen LogP) is 5.91. The summed E-state index contributed by atoms with van der Waals surface area (Å²) in [5, 5.41) is 14.4. The molecule has 1 atom stereocenters. The van der Waals surface area contributed by atoms with Crippen LogP contribution in [0.4, 0.5) is 9.52 Å². The van der Waals surface area contributed by atoms with E-state index in [1.54, 1.807) is 18.2 Å². The summed E-state index contributed by atoms with van der Waals surface area (Å²) in [5.74, 6) is 0.724. The van der Waals surface area contributed by atoms with Crippen LogP contribution < -0.4 is 10.1 Å². The van der Waals surface area contributed by atoms with Gasteiger partial charge in [0.1, 0.15) is 11.6 Å². The lowest BCUT2D eigenvalue weighted by atomic mass is 10.1. The fourth-order valence-corrected chi connectivity index (χ4v) is 4.74. The summed E-state index contributed by atoms with van der Waals surface area (Å²) in [5.41, 5.74) is 3.01. The monoisotopic (exact) mass is 509 g/mol. The van der Waals surface area contributed by atoms with Gasteiger partial charge in [-0.25, -0.2) is 9.37 Å². The second-order valence-corrected chi connectivity index (χ2v) is 9.50. The lowest BCUT2D eigenvalue weighted by Gasteiger charge is -2.15. The molecule has 0 fully saturated rings. The zero-order valence-corrected chi connectivity index (χ0v) is 20.9. The normalized spacial score (nSPS) is 11.7. The highest BCUT2D eigenvalue weighted by Gasteiger charge is 2.20. The number of thioether (sulfide) groups is 1. The molecule has 10 heteroatoms. The zero-order valence-electron chi connectivity index (χ0n) is 19.3. The number of allylic oxidation sites excluding steroid dienone is 1. The van der Waals surface area contributed by atoms with E-state index in [1.807, 2.05) is 48.1 Å². The number of anilines is 1. The van der Waals surface area contributed by atoms with Crippen LogP contribution >= 0.6 is 23.1 Å². The first-order valence-corrected chi connectivity index (χ1v) is 12.7. The number of rotatable bonds is 10. The third kappa shape index (κ3) is 6.34. The van der Waals surface area contributed by atoms with Crippen LogP contribution in [-0.4, -0.2) is 31.4 Å². The van der Waals surface area contributed by atoms with Gasteiger partial charge in [0, 0.05) is 17.5 Å². The Labute approximate surface area is 211 Å². The molecule has 0 aliphatic carbocycles. The molecule has 0 bridgehead atoms. The van der Waals surface area contributed by atoms with Crippen LogP contribution in [0.15, 0.2) is 71.7 Å². The number of amides is 1. The summed E-state index contributed by atoms with van der Waals surface area (Å²) in [6, 6.07) is 13.9. The number of benzene rings is 2. The van der Waals surface area contributed by atoms with Gasteiger partial charge in [-0.15, -0.1) is 28.1 Å². The Kier molecular flexibility index (Phi) is 7.94. The molecule has 4 rings (SSSR count). The Balaban J connectivity index is 1.38. The maximum Gasteiger partial charge on any atom is 0.236 e. The number of hydrogen-bond donors (Lipinski definition) is 1. The highest BCUT2D eigenvalue weighted by Crippen LogP contribution is 2.27. The molecule has 1 amide bonds. The first-order valence-electron chi connectivity index (χ1n) is 10.8. The summed E-state index contributed by atoms with van der Waals surface area (Å²) in [6.45, 7) is 8.12. The number of ether oxygens (including phenoxy) is 1. The topological polar surface area (TPSA) is 81.9 Å². The number of aryl methyl sites for hydroxylation is 1. The minimum atomic E-state index is -0.438. The van der Waals surface area contributed by atoms with E-state index in [2.05, 4.69) is 27.1 Å². The van der Waals surface area contributed by atoms with Crippen LogP contribution in [-0.2, 0) is 11.3 Å². The first-order chi connectivity index (χ1) is 16.9. The van der Waals surface area contributed by atoms with Gasteiger partial charge in [-0.1, -0.05) is 47.7 Å². The molecule has 1 N–H and O–H groups in total. The Morgan fingerprint density at radius 2 is 1.97 bits per heavy atom. The molecule has 0 saturated heterocycles. The van der Waals surface area contributed by atoms with Crippen molar-refractivity contribution >= 4 is 34.1 Å². The van der Waals surface area contributed by atoms with Crippen molar-refractivity contribution in [2.24, 2.45) is 0 Å². The SMILES string of the molecule is C=CCn1c(SCC(=O)Nc2nc(-c3ccc(C)cc3)cs2)nnc1C(C)Oc1ccc(F)cc1. The summed E-state index contributed by atoms with van der Waals surface area (Å²) in [6.07, 6.45) is 1.29. The van der Waals surface area contributed by atoms with E-state index in [0.29, 0.717) is 28.4 Å². The summed E-state index contributed by atoms with van der Waals surface area (Å²) < 4.78 is 20.9. The van der Waals surface area contributed by atoms with Gasteiger partial charge in [-0.2, -0.15) is 0 Å². The molecular formula is C25H24FN5O2S2. The van der Waals surface area contributed by atoms with E-state index >= 15 is 0 Å². The minimum Gasteiger partial charge on any atom is -0.483 e. The maximum absolute atomic E-state index is 13.2. The van der Waals surface area contributed by atoms with Gasteiger partial charge in [0.05, 0.1) is 11.4 Å². The van der Waals surface area contributed by atoms with E-state index in [1.165, 1.54) is 40.8 Å². The minimum absolute atomic E-state index is 0.141. The zero-order chi connectivity index (χ0) is 24.8. The highest BCUT2D eigenvalue weighted by atomic mass is 32.2. The summed E-state index contributed by atoms with van der Waals surface area (Å²) in [4.78, 5) is 17.1. The average molecular weight is 510 g/mol. The van der Waals surface area contributed by atoms with Gasteiger partial charge in [0.25, 0.3) is 0 Å². The van der Waals surface area contributed by atoms with E-state index < -0.39 is 6.10 Å². The molecule has 0 saturated carbocycles. The Bertz CT molecular complexity index is 1300. The summed E-state index contributed by atoms with van der Waals surface area (Å²) >= 11 is 2.65. The van der Waals surface area contributed by atoms with Crippen molar-refractivity contribution in [3.05, 3.63) is 83.8 Å². The second kappa shape index (κ2) is 11.3. The summed E-state index contributed by atoms with van der Waals surface area (Å²) in [7, 11) is 0. The Hall–Kier alpha value is -3.50. The molecule has 1 unspecified atom stereocenters. The molecule has 0 radical (unpaired) electrons. The van der Waals surface area contributed by atoms with E-state index in [0.717, 1.165) is 11.3 Å². The number of halogens is 1. The van der Waals surface area contributed by atoms with Crippen molar-refractivity contribution < 1.29 is 13.9 Å². The van der Waals surface area contributed by atoms with Crippen LogP contribution in [0.1, 0.15) is 24.4 Å². The number of aromatic nitrogens is 4. The largest absolute Gasteiger partial charge is 0.483 e. The van der Waals surface area contributed by atoms with Crippen molar-refractivity contribution in [1.29, 1.82) is 0 Å². The van der Waals surface area contributed by atoms with Crippen LogP contribution in [0.2, 0.25) is 0 Å². The standard InChI is InChI=1S/C25H24FN5O2S2/c1-4-13-31-23(17(3)33-20-11-9-19(26)10-12-20)29-30-25(31)35-15-22(32)28-24-27-21(14-34-24)18-7-5-16(2)6-8-18/h4-12,14,17H,1,13,15H2,2-3H3,(H,27,28,32). The lowest BCUT2D eigenvalue weighted by molar-refractivity contribution is -0.113. The first kappa shape index (κ1) is 24.6. The number of nitrogens with one attached hydrogen (secondary N) is 1. The average Bonchev–Trinajstić information content (AvgIpc) is 3.47. The number of thiazole rings is 1. The van der Waals surface area contributed by atoms with Gasteiger partial charge in [0.15, 0.2) is 22.2 Å². The number of carbonyl (C=O) groups is 1. The Morgan fingerprint density at radius 3 is 2.69 bits per heavy atom. The van der Waals surface area contributed by atoms with Crippen LogP contribution in [0.5, 0.6) is 5.75 Å². The number of carbonyl (C=O) groups excluding carboxylic acids is 1. The molecular weight excluding hydrogens is 485 g/mol. The lowest BCUT2D eigenvalue weighted by Crippen LogP contribution is -2.15. The van der Waals surface area contributed by atoms with E-state index in [-0.39, 0.29) is 17.5 Å². The maximum atomic E-state index is 13.2. The molecule has 7 nitrogen and oxygen atoms in total. The van der Waals surface area contributed by atoms with Gasteiger partial charge >= 0.3 is 0 Å². The molecule has 2 heterocycles. The number of nitrogens with zero attached hydrogens (tertiary/aromatic N) is 4. The van der Waals surface area contributed by atoms with Crippen LogP contribution in [0.3, 0.4) is 0 Å². The third-order valence-corrected chi connectivity index (χ3v) is 6.70.